The molecule has 0 aromatic heterocycles. The molecule has 0 fully saturated rings. The number of hydrogen-bond acceptors (Lipinski definition) is 4. The molecule has 0 aromatic carbocycles. The van der Waals surface area contributed by atoms with Gasteiger partial charge in [0.2, 0.25) is 0 Å². The van der Waals surface area contributed by atoms with E-state index in [9.17, 15) is 9.00 Å². The highest BCUT2D eigenvalue weighted by Gasteiger charge is 1.97. The van der Waals surface area contributed by atoms with E-state index in [1.807, 2.05) is 0 Å². The second-order valence-corrected chi connectivity index (χ2v) is 2.38. The van der Waals surface area contributed by atoms with E-state index in [0.29, 0.717) is 0 Å². The zero-order valence-electron chi connectivity index (χ0n) is 6.56. The van der Waals surface area contributed by atoms with Crippen molar-refractivity contribution in [3.63, 3.8) is 0 Å². The number of allylic oxidation sites excluding steroid dienone is 1. The van der Waals surface area contributed by atoms with Crippen LogP contribution in [0.1, 0.15) is 6.92 Å². The molecule has 0 bridgehead atoms. The third kappa shape index (κ3) is 7.39. The molecule has 1 atom stereocenters. The number of rotatable bonds is 5. The molecular weight excluding hydrogens is 184 g/mol. The minimum absolute atomic E-state index is 0.0323. The van der Waals surface area contributed by atoms with Crippen molar-refractivity contribution in [3.8, 4) is 0 Å². The summed E-state index contributed by atoms with van der Waals surface area (Å²) in [6, 6.07) is 0. The average Bonchev–Trinajstić information content (AvgIpc) is 1.98. The van der Waals surface area contributed by atoms with Crippen LogP contribution >= 0.6 is 0 Å². The predicted molar refractivity (Wildman–Crippen MR) is 42.5 cm³/mol. The van der Waals surface area contributed by atoms with Gasteiger partial charge >= 0.3 is 17.3 Å². The summed E-state index contributed by atoms with van der Waals surface area (Å²) in [5.41, 5.74) is 0. The Morgan fingerprint density at radius 2 is 2.25 bits per heavy atom. The zero-order chi connectivity index (χ0) is 9.40. The van der Waals surface area contributed by atoms with Crippen LogP contribution in [-0.4, -0.2) is 27.9 Å². The molecule has 0 aliphatic carbocycles. The first-order chi connectivity index (χ1) is 5.66. The Hall–Kier alpha value is -0.720. The summed E-state index contributed by atoms with van der Waals surface area (Å²) in [5, 5.41) is 0. The highest BCUT2D eigenvalue weighted by Crippen LogP contribution is 1.84. The molecule has 5 nitrogen and oxygen atoms in total. The third-order valence-corrected chi connectivity index (χ3v) is 1.18. The SMILES string of the molecule is CC=CC(=O)OCCOS(=O)O. The molecular formula is C6H10O5S. The Labute approximate surface area is 72.8 Å². The van der Waals surface area contributed by atoms with Crippen molar-refractivity contribution < 1.29 is 22.5 Å². The van der Waals surface area contributed by atoms with E-state index in [4.69, 9.17) is 4.55 Å². The smallest absolute Gasteiger partial charge is 0.330 e. The maximum absolute atomic E-state index is 10.6. The largest absolute Gasteiger partial charge is 0.460 e. The number of carbonyl (C=O) groups is 1. The van der Waals surface area contributed by atoms with E-state index in [2.05, 4.69) is 8.92 Å². The van der Waals surface area contributed by atoms with Gasteiger partial charge < -0.3 is 4.74 Å². The van der Waals surface area contributed by atoms with Gasteiger partial charge in [-0.1, -0.05) is 6.08 Å². The average molecular weight is 194 g/mol. The molecule has 0 aliphatic heterocycles. The van der Waals surface area contributed by atoms with Gasteiger partial charge in [-0.15, -0.1) is 0 Å². The lowest BCUT2D eigenvalue weighted by molar-refractivity contribution is -0.138. The quantitative estimate of drug-likeness (QED) is 0.294. The van der Waals surface area contributed by atoms with Gasteiger partial charge in [0.15, 0.2) is 0 Å². The Bertz CT molecular complexity index is 188. The van der Waals surface area contributed by atoms with Gasteiger partial charge in [0.1, 0.15) is 13.2 Å². The number of ether oxygens (including phenoxy) is 1. The maximum atomic E-state index is 10.6. The normalized spacial score (nSPS) is 13.2. The summed E-state index contributed by atoms with van der Waals surface area (Å²) in [5.74, 6) is -0.496. The molecule has 0 amide bonds. The Morgan fingerprint density at radius 1 is 1.58 bits per heavy atom. The molecule has 0 saturated heterocycles. The van der Waals surface area contributed by atoms with Crippen LogP contribution in [0.4, 0.5) is 0 Å². The maximum Gasteiger partial charge on any atom is 0.330 e. The lowest BCUT2D eigenvalue weighted by Crippen LogP contribution is -2.09. The monoisotopic (exact) mass is 194 g/mol. The number of esters is 1. The Morgan fingerprint density at radius 3 is 2.75 bits per heavy atom. The summed E-state index contributed by atoms with van der Waals surface area (Å²) in [4.78, 5) is 10.6. The van der Waals surface area contributed by atoms with Crippen molar-refractivity contribution in [3.05, 3.63) is 12.2 Å². The molecule has 0 heterocycles. The van der Waals surface area contributed by atoms with Crippen molar-refractivity contribution in [2.24, 2.45) is 0 Å². The molecule has 0 aromatic rings. The predicted octanol–water partition coefficient (Wildman–Crippen LogP) is 0.259. The summed E-state index contributed by atoms with van der Waals surface area (Å²) in [6.07, 6.45) is 2.78. The Balaban J connectivity index is 3.31. The fourth-order valence-electron chi connectivity index (χ4n) is 0.432. The minimum Gasteiger partial charge on any atom is -0.460 e. The van der Waals surface area contributed by atoms with Crippen molar-refractivity contribution >= 4 is 17.3 Å². The Kier molecular flexibility index (Phi) is 6.54. The summed E-state index contributed by atoms with van der Waals surface area (Å²) in [6.45, 7) is 1.56. The second kappa shape index (κ2) is 6.96. The van der Waals surface area contributed by atoms with Crippen molar-refractivity contribution in [2.75, 3.05) is 13.2 Å². The van der Waals surface area contributed by atoms with Gasteiger partial charge in [0.05, 0.1) is 0 Å². The van der Waals surface area contributed by atoms with Crippen LogP contribution in [0, 0.1) is 0 Å². The van der Waals surface area contributed by atoms with Gasteiger partial charge in [-0.05, 0) is 6.92 Å². The molecule has 0 spiro atoms. The number of carbonyl (C=O) groups excluding carboxylic acids is 1. The van der Waals surface area contributed by atoms with Gasteiger partial charge in [-0.3, -0.25) is 8.74 Å². The molecule has 1 unspecified atom stereocenters. The summed E-state index contributed by atoms with van der Waals surface area (Å²) >= 11 is -2.29. The van der Waals surface area contributed by atoms with Gasteiger partial charge in [-0.25, -0.2) is 4.79 Å². The van der Waals surface area contributed by atoms with E-state index in [1.165, 1.54) is 12.2 Å². The van der Waals surface area contributed by atoms with Gasteiger partial charge in [0, 0.05) is 6.08 Å². The summed E-state index contributed by atoms with van der Waals surface area (Å²) < 4.78 is 26.8. The first kappa shape index (κ1) is 11.3. The molecule has 6 heteroatoms. The molecule has 0 aliphatic rings. The minimum atomic E-state index is -2.29. The van der Waals surface area contributed by atoms with Crippen molar-refractivity contribution in [1.29, 1.82) is 0 Å². The van der Waals surface area contributed by atoms with Crippen LogP contribution in [0.25, 0.3) is 0 Å². The molecule has 12 heavy (non-hydrogen) atoms. The van der Waals surface area contributed by atoms with Gasteiger partial charge in [0.25, 0.3) is 0 Å². The van der Waals surface area contributed by atoms with Crippen LogP contribution in [-0.2, 0) is 25.1 Å². The highest BCUT2D eigenvalue weighted by molar-refractivity contribution is 7.74. The molecule has 0 saturated carbocycles. The molecule has 1 N–H and O–H groups in total. The van der Waals surface area contributed by atoms with Crippen LogP contribution in [0.5, 0.6) is 0 Å². The number of hydrogen-bond donors (Lipinski definition) is 1. The van der Waals surface area contributed by atoms with Crippen molar-refractivity contribution in [1.82, 2.24) is 0 Å². The summed E-state index contributed by atoms with van der Waals surface area (Å²) in [7, 11) is 0. The van der Waals surface area contributed by atoms with E-state index in [0.717, 1.165) is 0 Å². The fourth-order valence-corrected chi connectivity index (χ4v) is 0.642. The molecule has 70 valence electrons. The van der Waals surface area contributed by atoms with Crippen LogP contribution in [0.2, 0.25) is 0 Å². The van der Waals surface area contributed by atoms with E-state index in [-0.39, 0.29) is 13.2 Å². The third-order valence-electron chi connectivity index (χ3n) is 0.815. The van der Waals surface area contributed by atoms with E-state index in [1.54, 1.807) is 6.92 Å². The standard InChI is InChI=1S/C6H10O5S/c1-2-3-6(7)10-4-5-11-12(8)9/h2-3H,4-5H2,1H3,(H,8,9). The first-order valence-corrected chi connectivity index (χ1v) is 4.23. The van der Waals surface area contributed by atoms with E-state index >= 15 is 0 Å². The van der Waals surface area contributed by atoms with Crippen LogP contribution in [0.3, 0.4) is 0 Å². The van der Waals surface area contributed by atoms with Crippen molar-refractivity contribution in [2.45, 2.75) is 6.92 Å². The van der Waals surface area contributed by atoms with Crippen LogP contribution < -0.4 is 0 Å². The molecule has 0 radical (unpaired) electrons. The first-order valence-electron chi connectivity index (χ1n) is 3.20. The second-order valence-electron chi connectivity index (χ2n) is 1.71. The molecule has 0 rings (SSSR count). The van der Waals surface area contributed by atoms with Gasteiger partial charge in [-0.2, -0.15) is 4.21 Å². The van der Waals surface area contributed by atoms with Crippen LogP contribution in [0.15, 0.2) is 12.2 Å². The fraction of sp³-hybridized carbons (Fsp3) is 0.500. The van der Waals surface area contributed by atoms with E-state index < -0.39 is 17.3 Å². The lowest BCUT2D eigenvalue weighted by atomic mass is 10.5. The lowest BCUT2D eigenvalue weighted by Gasteiger charge is -1.99. The highest BCUT2D eigenvalue weighted by atomic mass is 32.2. The zero-order valence-corrected chi connectivity index (χ0v) is 7.37. The topological polar surface area (TPSA) is 72.8 Å².